The van der Waals surface area contributed by atoms with Gasteiger partial charge in [0.05, 0.1) is 18.3 Å². The Morgan fingerprint density at radius 3 is 2.71 bits per heavy atom. The molecular weight excluding hydrogens is 180 g/mol. The molecule has 1 heterocycles. The zero-order valence-electron chi connectivity index (χ0n) is 9.13. The Hall–Kier alpha value is -0.990. The van der Waals surface area contributed by atoms with Gasteiger partial charge in [-0.05, 0) is 26.7 Å². The van der Waals surface area contributed by atoms with Gasteiger partial charge in [-0.15, -0.1) is 0 Å². The fourth-order valence-corrected chi connectivity index (χ4v) is 1.59. The van der Waals surface area contributed by atoms with Crippen LogP contribution in [0.1, 0.15) is 40.0 Å². The zero-order chi connectivity index (χ0) is 10.6. The van der Waals surface area contributed by atoms with Crippen LogP contribution in [0.25, 0.3) is 0 Å². The molecule has 1 aliphatic heterocycles. The van der Waals surface area contributed by atoms with Crippen LogP contribution < -0.4 is 0 Å². The molecule has 1 aliphatic rings. The first-order valence-electron chi connectivity index (χ1n) is 5.24. The number of ether oxygens (including phenoxy) is 2. The molecule has 0 aromatic carbocycles. The third kappa shape index (κ3) is 2.50. The first kappa shape index (κ1) is 11.1. The summed E-state index contributed by atoms with van der Waals surface area (Å²) in [6.45, 7) is 6.20. The van der Waals surface area contributed by atoms with E-state index in [0.717, 1.165) is 18.6 Å². The first-order valence-corrected chi connectivity index (χ1v) is 5.24. The lowest BCUT2D eigenvalue weighted by Gasteiger charge is -2.09. The molecular formula is C11H18O3. The van der Waals surface area contributed by atoms with Crippen molar-refractivity contribution in [2.75, 3.05) is 6.61 Å². The van der Waals surface area contributed by atoms with Crippen LogP contribution >= 0.6 is 0 Å². The summed E-state index contributed by atoms with van der Waals surface area (Å²) in [6.07, 6.45) is 2.78. The Balaban J connectivity index is 2.73. The van der Waals surface area contributed by atoms with Gasteiger partial charge in [0.1, 0.15) is 5.76 Å². The van der Waals surface area contributed by atoms with E-state index in [1.807, 2.05) is 20.8 Å². The average molecular weight is 198 g/mol. The number of carbonyl (C=O) groups excluding carboxylic acids is 1. The second-order valence-corrected chi connectivity index (χ2v) is 3.44. The molecule has 3 heteroatoms. The first-order chi connectivity index (χ1) is 6.69. The van der Waals surface area contributed by atoms with E-state index in [1.54, 1.807) is 0 Å². The lowest BCUT2D eigenvalue weighted by molar-refractivity contribution is -0.138. The Kier molecular flexibility index (Phi) is 3.98. The Morgan fingerprint density at radius 1 is 1.57 bits per heavy atom. The molecule has 0 amide bonds. The SMILES string of the molecule is CCOC(=O)/C(CC)=C1/CC[C@H](C)O1. The maximum Gasteiger partial charge on any atom is 0.337 e. The van der Waals surface area contributed by atoms with Gasteiger partial charge in [0.15, 0.2) is 0 Å². The Bertz CT molecular complexity index is 243. The van der Waals surface area contributed by atoms with Gasteiger partial charge in [-0.2, -0.15) is 0 Å². The highest BCUT2D eigenvalue weighted by Crippen LogP contribution is 2.27. The summed E-state index contributed by atoms with van der Waals surface area (Å²) in [5.74, 6) is 0.609. The molecule has 1 saturated heterocycles. The highest BCUT2D eigenvalue weighted by molar-refractivity contribution is 5.88. The molecule has 80 valence electrons. The monoisotopic (exact) mass is 198 g/mol. The number of allylic oxidation sites excluding steroid dienone is 1. The van der Waals surface area contributed by atoms with E-state index in [-0.39, 0.29) is 12.1 Å². The maximum atomic E-state index is 11.5. The largest absolute Gasteiger partial charge is 0.494 e. The van der Waals surface area contributed by atoms with E-state index >= 15 is 0 Å². The predicted molar refractivity (Wildman–Crippen MR) is 53.7 cm³/mol. The number of rotatable bonds is 3. The molecule has 0 N–H and O–H groups in total. The van der Waals surface area contributed by atoms with E-state index in [2.05, 4.69) is 0 Å². The van der Waals surface area contributed by atoms with Crippen LogP contribution in [0.3, 0.4) is 0 Å². The van der Waals surface area contributed by atoms with Crippen LogP contribution in [0, 0.1) is 0 Å². The van der Waals surface area contributed by atoms with Gasteiger partial charge in [-0.1, -0.05) is 6.92 Å². The maximum absolute atomic E-state index is 11.5. The summed E-state index contributed by atoms with van der Waals surface area (Å²) in [6, 6.07) is 0. The van der Waals surface area contributed by atoms with Crippen molar-refractivity contribution >= 4 is 5.97 Å². The van der Waals surface area contributed by atoms with E-state index in [9.17, 15) is 4.79 Å². The predicted octanol–water partition coefficient (Wildman–Crippen LogP) is 2.41. The molecule has 3 nitrogen and oxygen atoms in total. The summed E-state index contributed by atoms with van der Waals surface area (Å²) in [4.78, 5) is 11.5. The third-order valence-corrected chi connectivity index (χ3v) is 2.33. The molecule has 1 atom stereocenters. The lowest BCUT2D eigenvalue weighted by Crippen LogP contribution is -2.10. The zero-order valence-corrected chi connectivity index (χ0v) is 9.13. The minimum Gasteiger partial charge on any atom is -0.494 e. The van der Waals surface area contributed by atoms with Gasteiger partial charge in [0.2, 0.25) is 0 Å². The van der Waals surface area contributed by atoms with E-state index in [1.165, 1.54) is 0 Å². The minimum atomic E-state index is -0.223. The normalized spacial score (nSPS) is 24.4. The van der Waals surface area contributed by atoms with Crippen LogP contribution in [0.2, 0.25) is 0 Å². The molecule has 14 heavy (non-hydrogen) atoms. The molecule has 0 unspecified atom stereocenters. The highest BCUT2D eigenvalue weighted by Gasteiger charge is 2.23. The topological polar surface area (TPSA) is 35.5 Å². The molecule has 0 saturated carbocycles. The van der Waals surface area contributed by atoms with Crippen LogP contribution in [0.5, 0.6) is 0 Å². The summed E-state index contributed by atoms with van der Waals surface area (Å²) in [5, 5.41) is 0. The number of esters is 1. The van der Waals surface area contributed by atoms with E-state index in [0.29, 0.717) is 18.6 Å². The van der Waals surface area contributed by atoms with Crippen molar-refractivity contribution in [3.05, 3.63) is 11.3 Å². The Morgan fingerprint density at radius 2 is 2.29 bits per heavy atom. The van der Waals surface area contributed by atoms with Crippen LogP contribution in [-0.2, 0) is 14.3 Å². The molecule has 0 radical (unpaired) electrons. The van der Waals surface area contributed by atoms with Crippen molar-refractivity contribution < 1.29 is 14.3 Å². The third-order valence-electron chi connectivity index (χ3n) is 2.33. The van der Waals surface area contributed by atoms with Gasteiger partial charge in [-0.25, -0.2) is 4.79 Å². The number of hydrogen-bond donors (Lipinski definition) is 0. The smallest absolute Gasteiger partial charge is 0.337 e. The molecule has 0 aliphatic carbocycles. The molecule has 0 bridgehead atoms. The van der Waals surface area contributed by atoms with Gasteiger partial charge in [-0.3, -0.25) is 0 Å². The van der Waals surface area contributed by atoms with Crippen LogP contribution in [-0.4, -0.2) is 18.7 Å². The lowest BCUT2D eigenvalue weighted by atomic mass is 10.1. The summed E-state index contributed by atoms with van der Waals surface area (Å²) in [7, 11) is 0. The summed E-state index contributed by atoms with van der Waals surface area (Å²) in [5.41, 5.74) is 0.705. The standard InChI is InChI=1S/C11H18O3/c1-4-9(11(12)13-5-2)10-7-6-8(3)14-10/h8H,4-7H2,1-3H3/b10-9-/t8-/m0/s1. The van der Waals surface area contributed by atoms with Crippen molar-refractivity contribution in [3.63, 3.8) is 0 Å². The van der Waals surface area contributed by atoms with Crippen LogP contribution in [0.4, 0.5) is 0 Å². The average Bonchev–Trinajstić information content (AvgIpc) is 2.54. The fraction of sp³-hybridized carbons (Fsp3) is 0.727. The molecule has 0 aromatic heterocycles. The second kappa shape index (κ2) is 5.03. The Labute approximate surface area is 85.1 Å². The van der Waals surface area contributed by atoms with Gasteiger partial charge >= 0.3 is 5.97 Å². The van der Waals surface area contributed by atoms with Gasteiger partial charge in [0, 0.05) is 6.42 Å². The van der Waals surface area contributed by atoms with Crippen molar-refractivity contribution in [1.29, 1.82) is 0 Å². The highest BCUT2D eigenvalue weighted by atomic mass is 16.5. The number of hydrogen-bond acceptors (Lipinski definition) is 3. The van der Waals surface area contributed by atoms with Crippen molar-refractivity contribution in [2.24, 2.45) is 0 Å². The molecule has 0 aromatic rings. The van der Waals surface area contributed by atoms with Crippen molar-refractivity contribution in [1.82, 2.24) is 0 Å². The van der Waals surface area contributed by atoms with E-state index in [4.69, 9.17) is 9.47 Å². The summed E-state index contributed by atoms with van der Waals surface area (Å²) >= 11 is 0. The van der Waals surface area contributed by atoms with Crippen LogP contribution in [0.15, 0.2) is 11.3 Å². The minimum absolute atomic E-state index is 0.223. The summed E-state index contributed by atoms with van der Waals surface area (Å²) < 4.78 is 10.5. The quantitative estimate of drug-likeness (QED) is 0.516. The fourth-order valence-electron chi connectivity index (χ4n) is 1.59. The second-order valence-electron chi connectivity index (χ2n) is 3.44. The number of carbonyl (C=O) groups is 1. The molecule has 1 fully saturated rings. The van der Waals surface area contributed by atoms with Crippen molar-refractivity contribution in [2.45, 2.75) is 46.1 Å². The van der Waals surface area contributed by atoms with Gasteiger partial charge < -0.3 is 9.47 Å². The molecule has 1 rings (SSSR count). The molecule has 0 spiro atoms. The van der Waals surface area contributed by atoms with Crippen molar-refractivity contribution in [3.8, 4) is 0 Å². The van der Waals surface area contributed by atoms with Gasteiger partial charge in [0.25, 0.3) is 0 Å². The van der Waals surface area contributed by atoms with E-state index < -0.39 is 0 Å².